The maximum absolute atomic E-state index is 13.1. The number of benzene rings is 1. The number of aromatic nitrogens is 1. The van der Waals surface area contributed by atoms with Crippen LogP contribution < -0.4 is 4.90 Å². The first-order chi connectivity index (χ1) is 8.24. The molecule has 0 radical (unpaired) electrons. The van der Waals surface area contributed by atoms with Crippen LogP contribution in [0.25, 0.3) is 11.1 Å². The Hall–Kier alpha value is -1.90. The van der Waals surface area contributed by atoms with Gasteiger partial charge >= 0.3 is 0 Å². The van der Waals surface area contributed by atoms with E-state index in [0.29, 0.717) is 0 Å². The molecule has 1 aromatic heterocycles. The highest BCUT2D eigenvalue weighted by Crippen LogP contribution is 2.31. The lowest BCUT2D eigenvalue weighted by molar-refractivity contribution is 0.622. The van der Waals surface area contributed by atoms with Gasteiger partial charge in [0.25, 0.3) is 0 Å². The van der Waals surface area contributed by atoms with Gasteiger partial charge in [0.2, 0.25) is 0 Å². The lowest BCUT2D eigenvalue weighted by Gasteiger charge is -2.12. The molecular weight excluding hydrogens is 215 g/mol. The normalized spacial score (nSPS) is 13.9. The van der Waals surface area contributed by atoms with Crippen LogP contribution in [0.1, 0.15) is 5.56 Å². The van der Waals surface area contributed by atoms with Crippen molar-refractivity contribution in [3.8, 4) is 11.1 Å². The zero-order chi connectivity index (χ0) is 11.8. The molecule has 0 saturated carbocycles. The summed E-state index contributed by atoms with van der Waals surface area (Å²) in [6, 6.07) is 7.78. The molecule has 1 aliphatic heterocycles. The van der Waals surface area contributed by atoms with Crippen molar-refractivity contribution in [1.29, 1.82) is 0 Å². The molecule has 2 heterocycles. The number of rotatable bonds is 1. The zero-order valence-electron chi connectivity index (χ0n) is 9.65. The van der Waals surface area contributed by atoms with Crippen LogP contribution in [-0.2, 0) is 6.42 Å². The summed E-state index contributed by atoms with van der Waals surface area (Å²) in [5.74, 6) is -0.292. The molecule has 0 atom stereocenters. The third kappa shape index (κ3) is 1.78. The van der Waals surface area contributed by atoms with Crippen LogP contribution in [0.15, 0.2) is 36.7 Å². The minimum absolute atomic E-state index is 0.292. The number of halogens is 1. The highest BCUT2D eigenvalue weighted by molar-refractivity contribution is 5.69. The second-order valence-electron chi connectivity index (χ2n) is 4.41. The van der Waals surface area contributed by atoms with Crippen molar-refractivity contribution in [2.45, 2.75) is 6.42 Å². The molecule has 0 amide bonds. The predicted octanol–water partition coefficient (Wildman–Crippen LogP) is 2.88. The fourth-order valence-corrected chi connectivity index (χ4v) is 2.32. The molecule has 2 nitrogen and oxygen atoms in total. The van der Waals surface area contributed by atoms with E-state index in [0.717, 1.165) is 24.1 Å². The Morgan fingerprint density at radius 3 is 2.88 bits per heavy atom. The predicted molar refractivity (Wildman–Crippen MR) is 66.6 cm³/mol. The largest absolute Gasteiger partial charge is 0.374 e. The summed E-state index contributed by atoms with van der Waals surface area (Å²) >= 11 is 0. The van der Waals surface area contributed by atoms with Crippen molar-refractivity contribution >= 4 is 5.69 Å². The first-order valence-corrected chi connectivity index (χ1v) is 5.69. The van der Waals surface area contributed by atoms with Gasteiger partial charge in [-0.1, -0.05) is 6.07 Å². The Morgan fingerprint density at radius 1 is 1.18 bits per heavy atom. The molecule has 86 valence electrons. The molecule has 0 fully saturated rings. The van der Waals surface area contributed by atoms with E-state index in [1.54, 1.807) is 6.20 Å². The molecule has 0 unspecified atom stereocenters. The average molecular weight is 228 g/mol. The highest BCUT2D eigenvalue weighted by Gasteiger charge is 2.15. The molecule has 1 aliphatic rings. The van der Waals surface area contributed by atoms with Crippen LogP contribution in [0.4, 0.5) is 10.1 Å². The molecule has 0 aliphatic carbocycles. The van der Waals surface area contributed by atoms with E-state index < -0.39 is 0 Å². The average Bonchev–Trinajstić information content (AvgIpc) is 2.71. The van der Waals surface area contributed by atoms with Crippen LogP contribution in [0.2, 0.25) is 0 Å². The van der Waals surface area contributed by atoms with Crippen LogP contribution in [0.5, 0.6) is 0 Å². The van der Waals surface area contributed by atoms with E-state index in [9.17, 15) is 4.39 Å². The fourth-order valence-electron chi connectivity index (χ4n) is 2.32. The summed E-state index contributed by atoms with van der Waals surface area (Å²) in [7, 11) is 2.09. The summed E-state index contributed by atoms with van der Waals surface area (Å²) in [5, 5.41) is 0. The quantitative estimate of drug-likeness (QED) is 0.746. The first-order valence-electron chi connectivity index (χ1n) is 5.69. The Kier molecular flexibility index (Phi) is 2.32. The minimum atomic E-state index is -0.292. The molecule has 17 heavy (non-hydrogen) atoms. The third-order valence-corrected chi connectivity index (χ3v) is 3.25. The second kappa shape index (κ2) is 3.84. The fraction of sp³-hybridized carbons (Fsp3) is 0.214. The third-order valence-electron chi connectivity index (χ3n) is 3.25. The van der Waals surface area contributed by atoms with Gasteiger partial charge in [0.05, 0.1) is 6.20 Å². The number of nitrogens with zero attached hydrogens (tertiary/aromatic N) is 2. The molecule has 0 bridgehead atoms. The summed E-state index contributed by atoms with van der Waals surface area (Å²) in [6.45, 7) is 1.06. The summed E-state index contributed by atoms with van der Waals surface area (Å²) in [4.78, 5) is 6.12. The number of likely N-dealkylation sites (N-methyl/N-ethyl adjacent to an activating group) is 1. The van der Waals surface area contributed by atoms with E-state index in [1.807, 2.05) is 6.07 Å². The van der Waals surface area contributed by atoms with Crippen molar-refractivity contribution in [3.05, 3.63) is 48.0 Å². The number of fused-ring (bicyclic) bond motifs is 1. The topological polar surface area (TPSA) is 16.1 Å². The van der Waals surface area contributed by atoms with Crippen LogP contribution in [0, 0.1) is 5.82 Å². The van der Waals surface area contributed by atoms with Crippen molar-refractivity contribution in [3.63, 3.8) is 0 Å². The van der Waals surface area contributed by atoms with Gasteiger partial charge in [0.15, 0.2) is 0 Å². The molecule has 3 heteroatoms. The van der Waals surface area contributed by atoms with Gasteiger partial charge in [-0.25, -0.2) is 4.39 Å². The van der Waals surface area contributed by atoms with E-state index >= 15 is 0 Å². The van der Waals surface area contributed by atoms with Gasteiger partial charge in [-0.2, -0.15) is 0 Å². The smallest absolute Gasteiger partial charge is 0.142 e. The maximum Gasteiger partial charge on any atom is 0.142 e. The Morgan fingerprint density at radius 2 is 2.06 bits per heavy atom. The summed E-state index contributed by atoms with van der Waals surface area (Å²) in [5.41, 5.74) is 4.47. The first kappa shape index (κ1) is 10.3. The van der Waals surface area contributed by atoms with Crippen LogP contribution >= 0.6 is 0 Å². The standard InChI is InChI=1S/C14H13FN2/c1-17-5-4-11-6-10(2-3-14(11)17)12-7-13(15)9-16-8-12/h2-3,6-9H,4-5H2,1H3. The van der Waals surface area contributed by atoms with Crippen molar-refractivity contribution in [2.24, 2.45) is 0 Å². The molecule has 3 rings (SSSR count). The lowest BCUT2D eigenvalue weighted by Crippen LogP contribution is -2.12. The van der Waals surface area contributed by atoms with Gasteiger partial charge in [0, 0.05) is 31.0 Å². The Balaban J connectivity index is 2.06. The lowest BCUT2D eigenvalue weighted by atomic mass is 10.0. The van der Waals surface area contributed by atoms with Gasteiger partial charge in [0.1, 0.15) is 5.82 Å². The van der Waals surface area contributed by atoms with E-state index in [-0.39, 0.29) is 5.82 Å². The van der Waals surface area contributed by atoms with E-state index in [1.165, 1.54) is 23.5 Å². The van der Waals surface area contributed by atoms with Crippen LogP contribution in [0.3, 0.4) is 0 Å². The monoisotopic (exact) mass is 228 g/mol. The molecular formula is C14H13FN2. The summed E-state index contributed by atoms with van der Waals surface area (Å²) in [6.07, 6.45) is 3.98. The van der Waals surface area contributed by atoms with Crippen molar-refractivity contribution in [2.75, 3.05) is 18.5 Å². The number of hydrogen-bond acceptors (Lipinski definition) is 2. The number of hydrogen-bond donors (Lipinski definition) is 0. The second-order valence-corrected chi connectivity index (χ2v) is 4.41. The van der Waals surface area contributed by atoms with Crippen LogP contribution in [-0.4, -0.2) is 18.6 Å². The molecule has 0 saturated heterocycles. The van der Waals surface area contributed by atoms with Gasteiger partial charge < -0.3 is 4.90 Å². The SMILES string of the molecule is CN1CCc2cc(-c3cncc(F)c3)ccc21. The van der Waals surface area contributed by atoms with Crippen molar-refractivity contribution in [1.82, 2.24) is 4.98 Å². The highest BCUT2D eigenvalue weighted by atomic mass is 19.1. The van der Waals surface area contributed by atoms with Crippen molar-refractivity contribution < 1.29 is 4.39 Å². The molecule has 0 spiro atoms. The van der Waals surface area contributed by atoms with Gasteiger partial charge in [-0.3, -0.25) is 4.98 Å². The van der Waals surface area contributed by atoms with Gasteiger partial charge in [-0.05, 0) is 35.7 Å². The van der Waals surface area contributed by atoms with E-state index in [4.69, 9.17) is 0 Å². The molecule has 2 aromatic rings. The Bertz CT molecular complexity index is 566. The Labute approximate surface area is 99.7 Å². The summed E-state index contributed by atoms with van der Waals surface area (Å²) < 4.78 is 13.1. The zero-order valence-corrected chi connectivity index (χ0v) is 9.65. The maximum atomic E-state index is 13.1. The number of anilines is 1. The van der Waals surface area contributed by atoms with E-state index in [2.05, 4.69) is 29.1 Å². The minimum Gasteiger partial charge on any atom is -0.374 e. The van der Waals surface area contributed by atoms with Gasteiger partial charge in [-0.15, -0.1) is 0 Å². The number of pyridine rings is 1. The molecule has 1 aromatic carbocycles. The molecule has 0 N–H and O–H groups in total.